The first kappa shape index (κ1) is 18.1. The number of aromatic hydroxyl groups is 1. The van der Waals surface area contributed by atoms with E-state index in [4.69, 9.17) is 0 Å². The fourth-order valence-corrected chi connectivity index (χ4v) is 4.26. The molecule has 136 valence electrons. The summed E-state index contributed by atoms with van der Waals surface area (Å²) in [6.45, 7) is 1.01. The molecule has 0 spiro atoms. The highest BCUT2D eigenvalue weighted by Gasteiger charge is 2.27. The molecule has 0 bridgehead atoms. The summed E-state index contributed by atoms with van der Waals surface area (Å²) < 4.78 is 26.6. The summed E-state index contributed by atoms with van der Waals surface area (Å²) in [5.74, 6) is -0.487. The fraction of sp³-hybridized carbons (Fsp3) is 0.222. The van der Waals surface area contributed by atoms with Gasteiger partial charge in [-0.05, 0) is 43.2 Å². The van der Waals surface area contributed by atoms with E-state index in [0.29, 0.717) is 18.7 Å². The SMILES string of the molecule is O=C(NN=Cc1ccccc1O)c1cccc(S(=O)(=O)N2CCCC2)c1. The van der Waals surface area contributed by atoms with Crippen LogP contribution in [0.15, 0.2) is 58.5 Å². The van der Waals surface area contributed by atoms with E-state index in [2.05, 4.69) is 10.5 Å². The first-order valence-electron chi connectivity index (χ1n) is 8.20. The molecule has 0 unspecified atom stereocenters. The van der Waals surface area contributed by atoms with Crippen LogP contribution in [0.1, 0.15) is 28.8 Å². The molecule has 0 atom stereocenters. The van der Waals surface area contributed by atoms with Crippen LogP contribution in [0, 0.1) is 0 Å². The number of amides is 1. The number of carbonyl (C=O) groups is 1. The van der Waals surface area contributed by atoms with Crippen LogP contribution in [-0.4, -0.2) is 43.0 Å². The lowest BCUT2D eigenvalue weighted by Gasteiger charge is -2.15. The third-order valence-corrected chi connectivity index (χ3v) is 6.00. The molecule has 2 aromatic rings. The molecule has 0 aromatic heterocycles. The Morgan fingerprint density at radius 1 is 1.12 bits per heavy atom. The maximum absolute atomic E-state index is 12.6. The summed E-state index contributed by atoms with van der Waals surface area (Å²) in [6, 6.07) is 12.4. The van der Waals surface area contributed by atoms with E-state index in [-0.39, 0.29) is 16.2 Å². The van der Waals surface area contributed by atoms with Gasteiger partial charge in [0.15, 0.2) is 0 Å². The van der Waals surface area contributed by atoms with E-state index >= 15 is 0 Å². The lowest BCUT2D eigenvalue weighted by atomic mass is 10.2. The lowest BCUT2D eigenvalue weighted by molar-refractivity contribution is 0.0955. The van der Waals surface area contributed by atoms with Crippen LogP contribution in [0.25, 0.3) is 0 Å². The lowest BCUT2D eigenvalue weighted by Crippen LogP contribution is -2.28. The monoisotopic (exact) mass is 373 g/mol. The highest BCUT2D eigenvalue weighted by Crippen LogP contribution is 2.21. The summed E-state index contributed by atoms with van der Waals surface area (Å²) in [6.07, 6.45) is 3.01. The van der Waals surface area contributed by atoms with Crippen LogP contribution < -0.4 is 5.43 Å². The molecule has 0 saturated carbocycles. The second kappa shape index (κ2) is 7.67. The highest BCUT2D eigenvalue weighted by atomic mass is 32.2. The topological polar surface area (TPSA) is 99.1 Å². The molecule has 7 nitrogen and oxygen atoms in total. The minimum absolute atomic E-state index is 0.0456. The first-order chi connectivity index (χ1) is 12.5. The van der Waals surface area contributed by atoms with Crippen LogP contribution in [0.4, 0.5) is 0 Å². The Bertz CT molecular complexity index is 935. The zero-order valence-corrected chi connectivity index (χ0v) is 14.8. The number of para-hydroxylation sites is 1. The molecule has 1 amide bonds. The molecule has 1 fully saturated rings. The Balaban J connectivity index is 1.73. The molecule has 2 aromatic carbocycles. The molecule has 1 heterocycles. The zero-order chi connectivity index (χ0) is 18.6. The number of sulfonamides is 1. The quantitative estimate of drug-likeness (QED) is 0.618. The third kappa shape index (κ3) is 3.92. The Morgan fingerprint density at radius 2 is 1.85 bits per heavy atom. The number of nitrogens with one attached hydrogen (secondary N) is 1. The van der Waals surface area contributed by atoms with Gasteiger partial charge >= 0.3 is 0 Å². The van der Waals surface area contributed by atoms with Gasteiger partial charge in [0.25, 0.3) is 5.91 Å². The van der Waals surface area contributed by atoms with E-state index in [9.17, 15) is 18.3 Å². The van der Waals surface area contributed by atoms with Crippen molar-refractivity contribution in [2.75, 3.05) is 13.1 Å². The van der Waals surface area contributed by atoms with Crippen LogP contribution in [0.2, 0.25) is 0 Å². The van der Waals surface area contributed by atoms with Gasteiger partial charge in [-0.25, -0.2) is 13.8 Å². The van der Waals surface area contributed by atoms with Gasteiger partial charge in [-0.2, -0.15) is 9.41 Å². The molecule has 1 aliphatic rings. The van der Waals surface area contributed by atoms with Crippen molar-refractivity contribution in [2.24, 2.45) is 5.10 Å². The number of hydrogen-bond acceptors (Lipinski definition) is 5. The average molecular weight is 373 g/mol. The van der Waals surface area contributed by atoms with Gasteiger partial charge in [0.05, 0.1) is 11.1 Å². The van der Waals surface area contributed by atoms with Crippen LogP contribution in [0.5, 0.6) is 5.75 Å². The summed E-state index contributed by atoms with van der Waals surface area (Å²) in [5.41, 5.74) is 2.98. The Morgan fingerprint density at radius 3 is 2.58 bits per heavy atom. The number of hydrogen-bond donors (Lipinski definition) is 2. The van der Waals surface area contributed by atoms with E-state index in [1.54, 1.807) is 18.2 Å². The largest absolute Gasteiger partial charge is 0.507 e. The summed E-state index contributed by atoms with van der Waals surface area (Å²) in [7, 11) is -3.58. The van der Waals surface area contributed by atoms with Crippen LogP contribution >= 0.6 is 0 Å². The van der Waals surface area contributed by atoms with Crippen molar-refractivity contribution in [3.63, 3.8) is 0 Å². The van der Waals surface area contributed by atoms with E-state index in [1.807, 2.05) is 0 Å². The van der Waals surface area contributed by atoms with Gasteiger partial charge < -0.3 is 5.11 Å². The van der Waals surface area contributed by atoms with E-state index in [1.165, 1.54) is 40.9 Å². The molecule has 1 aliphatic heterocycles. The summed E-state index contributed by atoms with van der Waals surface area (Å²) in [5, 5.41) is 13.5. The second-order valence-electron chi connectivity index (χ2n) is 5.90. The maximum Gasteiger partial charge on any atom is 0.271 e. The van der Waals surface area contributed by atoms with Crippen molar-refractivity contribution >= 4 is 22.1 Å². The van der Waals surface area contributed by atoms with Crippen molar-refractivity contribution in [3.05, 3.63) is 59.7 Å². The number of nitrogens with zero attached hydrogens (tertiary/aromatic N) is 2. The Kier molecular flexibility index (Phi) is 5.34. The molecule has 3 rings (SSSR count). The molecule has 2 N–H and O–H groups in total. The normalized spacial score (nSPS) is 15.4. The number of phenolic OH excluding ortho intramolecular Hbond substituents is 1. The fourth-order valence-electron chi connectivity index (χ4n) is 2.70. The molecular weight excluding hydrogens is 354 g/mol. The van der Waals surface area contributed by atoms with Crippen LogP contribution in [0.3, 0.4) is 0 Å². The highest BCUT2D eigenvalue weighted by molar-refractivity contribution is 7.89. The van der Waals surface area contributed by atoms with Crippen molar-refractivity contribution in [1.82, 2.24) is 9.73 Å². The number of rotatable bonds is 5. The van der Waals surface area contributed by atoms with Crippen molar-refractivity contribution in [1.29, 1.82) is 0 Å². The second-order valence-corrected chi connectivity index (χ2v) is 7.83. The number of benzene rings is 2. The Labute approximate surface area is 152 Å². The molecule has 8 heteroatoms. The summed E-state index contributed by atoms with van der Waals surface area (Å²) in [4.78, 5) is 12.3. The summed E-state index contributed by atoms with van der Waals surface area (Å²) >= 11 is 0. The average Bonchev–Trinajstić information content (AvgIpc) is 3.19. The molecule has 0 aliphatic carbocycles. The minimum Gasteiger partial charge on any atom is -0.507 e. The number of hydrazone groups is 1. The van der Waals surface area contributed by atoms with Gasteiger partial charge in [-0.1, -0.05) is 18.2 Å². The smallest absolute Gasteiger partial charge is 0.271 e. The van der Waals surface area contributed by atoms with Gasteiger partial charge in [-0.15, -0.1) is 0 Å². The molecule has 26 heavy (non-hydrogen) atoms. The number of phenols is 1. The van der Waals surface area contributed by atoms with E-state index < -0.39 is 15.9 Å². The van der Waals surface area contributed by atoms with Gasteiger partial charge in [0, 0.05) is 24.2 Å². The first-order valence-corrected chi connectivity index (χ1v) is 9.64. The molecule has 1 saturated heterocycles. The van der Waals surface area contributed by atoms with Crippen molar-refractivity contribution in [3.8, 4) is 5.75 Å². The van der Waals surface area contributed by atoms with Crippen molar-refractivity contribution < 1.29 is 18.3 Å². The minimum atomic E-state index is -3.58. The Hall–Kier alpha value is -2.71. The van der Waals surface area contributed by atoms with Gasteiger partial charge in [0.1, 0.15) is 5.75 Å². The standard InChI is InChI=1S/C18H19N3O4S/c22-17-9-2-1-6-15(17)13-19-20-18(23)14-7-5-8-16(12-14)26(24,25)21-10-3-4-11-21/h1-2,5-9,12-13,22H,3-4,10-11H2,(H,20,23). The van der Waals surface area contributed by atoms with Gasteiger partial charge in [0.2, 0.25) is 10.0 Å². The van der Waals surface area contributed by atoms with Crippen molar-refractivity contribution in [2.45, 2.75) is 17.7 Å². The molecular formula is C18H19N3O4S. The number of carbonyl (C=O) groups excluding carboxylic acids is 1. The van der Waals surface area contributed by atoms with Gasteiger partial charge in [-0.3, -0.25) is 4.79 Å². The zero-order valence-electron chi connectivity index (χ0n) is 14.0. The maximum atomic E-state index is 12.6. The molecule has 0 radical (unpaired) electrons. The van der Waals surface area contributed by atoms with E-state index in [0.717, 1.165) is 12.8 Å². The predicted molar refractivity (Wildman–Crippen MR) is 97.6 cm³/mol. The third-order valence-electron chi connectivity index (χ3n) is 4.11. The predicted octanol–water partition coefficient (Wildman–Crippen LogP) is 1.94. The van der Waals surface area contributed by atoms with Crippen LogP contribution in [-0.2, 0) is 10.0 Å².